The van der Waals surface area contributed by atoms with Crippen LogP contribution in [0.15, 0.2) is 6.20 Å². The van der Waals surface area contributed by atoms with Crippen LogP contribution in [0.25, 0.3) is 0 Å². The molecular weight excluding hydrogens is 246 g/mol. The van der Waals surface area contributed by atoms with Gasteiger partial charge in [-0.05, 0) is 0 Å². The average Bonchev–Trinajstić information content (AvgIpc) is 2.47. The number of esters is 1. The van der Waals surface area contributed by atoms with E-state index in [1.165, 1.54) is 13.3 Å². The molecule has 3 aliphatic rings. The van der Waals surface area contributed by atoms with Gasteiger partial charge in [-0.3, -0.25) is 9.80 Å². The maximum atomic E-state index is 11.4. The molecule has 1 unspecified atom stereocenters. The maximum absolute atomic E-state index is 11.4. The molecule has 3 aliphatic heterocycles. The SMILES string of the molecule is COC(=O)c1cnc(C2CN3CCN2CC3)nc1N. The van der Waals surface area contributed by atoms with E-state index in [1.807, 2.05) is 0 Å². The van der Waals surface area contributed by atoms with E-state index in [1.54, 1.807) is 0 Å². The molecule has 0 aromatic carbocycles. The largest absolute Gasteiger partial charge is 0.465 e. The number of hydrogen-bond donors (Lipinski definition) is 1. The summed E-state index contributed by atoms with van der Waals surface area (Å²) in [6.07, 6.45) is 1.46. The van der Waals surface area contributed by atoms with Crippen LogP contribution >= 0.6 is 0 Å². The van der Waals surface area contributed by atoms with Crippen LogP contribution in [0.5, 0.6) is 0 Å². The highest BCUT2D eigenvalue weighted by molar-refractivity contribution is 5.93. The second-order valence-corrected chi connectivity index (χ2v) is 4.87. The molecule has 19 heavy (non-hydrogen) atoms. The number of ether oxygens (including phenoxy) is 1. The monoisotopic (exact) mass is 263 g/mol. The minimum absolute atomic E-state index is 0.177. The summed E-state index contributed by atoms with van der Waals surface area (Å²) in [6, 6.07) is 0.177. The van der Waals surface area contributed by atoms with E-state index in [0.717, 1.165) is 32.7 Å². The third kappa shape index (κ3) is 2.15. The highest BCUT2D eigenvalue weighted by Crippen LogP contribution is 2.27. The molecule has 0 saturated carbocycles. The fourth-order valence-corrected chi connectivity index (χ4v) is 2.70. The Kier molecular flexibility index (Phi) is 3.08. The van der Waals surface area contributed by atoms with Gasteiger partial charge >= 0.3 is 5.97 Å². The van der Waals surface area contributed by atoms with Crippen LogP contribution in [-0.4, -0.2) is 65.6 Å². The van der Waals surface area contributed by atoms with Gasteiger partial charge in [0, 0.05) is 38.9 Å². The molecule has 7 nitrogen and oxygen atoms in total. The number of nitrogen functional groups attached to an aromatic ring is 1. The zero-order chi connectivity index (χ0) is 13.4. The van der Waals surface area contributed by atoms with E-state index in [0.29, 0.717) is 5.82 Å². The number of fused-ring (bicyclic) bond motifs is 3. The molecule has 3 saturated heterocycles. The molecule has 102 valence electrons. The zero-order valence-corrected chi connectivity index (χ0v) is 10.9. The Morgan fingerprint density at radius 3 is 2.68 bits per heavy atom. The maximum Gasteiger partial charge on any atom is 0.343 e. The number of rotatable bonds is 2. The molecule has 4 rings (SSSR count). The molecule has 2 N–H and O–H groups in total. The van der Waals surface area contributed by atoms with Crippen molar-refractivity contribution in [1.82, 2.24) is 19.8 Å². The van der Waals surface area contributed by atoms with E-state index < -0.39 is 5.97 Å². The summed E-state index contributed by atoms with van der Waals surface area (Å²) >= 11 is 0. The fourth-order valence-electron chi connectivity index (χ4n) is 2.70. The van der Waals surface area contributed by atoms with Crippen LogP contribution in [-0.2, 0) is 4.74 Å². The van der Waals surface area contributed by atoms with Gasteiger partial charge in [-0.15, -0.1) is 0 Å². The van der Waals surface area contributed by atoms with Gasteiger partial charge in [0.05, 0.1) is 13.2 Å². The number of aromatic nitrogens is 2. The Morgan fingerprint density at radius 2 is 2.16 bits per heavy atom. The molecule has 0 spiro atoms. The molecule has 0 aliphatic carbocycles. The summed E-state index contributed by atoms with van der Waals surface area (Å²) in [5, 5.41) is 0. The zero-order valence-electron chi connectivity index (χ0n) is 10.9. The van der Waals surface area contributed by atoms with Gasteiger partial charge in [0.1, 0.15) is 17.2 Å². The number of anilines is 1. The standard InChI is InChI=1S/C12H17N5O2/c1-19-12(18)8-6-14-11(15-10(8)13)9-7-16-2-4-17(9)5-3-16/h6,9H,2-5,7H2,1H3,(H2,13,14,15). The summed E-state index contributed by atoms with van der Waals surface area (Å²) < 4.78 is 4.63. The van der Waals surface area contributed by atoms with Crippen LogP contribution in [0, 0.1) is 0 Å². The third-order valence-electron chi connectivity index (χ3n) is 3.82. The van der Waals surface area contributed by atoms with Crippen molar-refractivity contribution in [2.45, 2.75) is 6.04 Å². The Hall–Kier alpha value is -1.73. The molecule has 1 aromatic heterocycles. The Bertz CT molecular complexity index is 499. The molecule has 0 radical (unpaired) electrons. The van der Waals surface area contributed by atoms with E-state index in [-0.39, 0.29) is 17.4 Å². The van der Waals surface area contributed by atoms with Crippen molar-refractivity contribution in [3.8, 4) is 0 Å². The van der Waals surface area contributed by atoms with Crippen molar-refractivity contribution in [3.05, 3.63) is 17.6 Å². The van der Waals surface area contributed by atoms with Gasteiger partial charge in [0.15, 0.2) is 0 Å². The lowest BCUT2D eigenvalue weighted by molar-refractivity contribution is 0.00867. The lowest BCUT2D eigenvalue weighted by Crippen LogP contribution is -2.57. The Labute approximate surface area is 111 Å². The van der Waals surface area contributed by atoms with Gasteiger partial charge in [0.2, 0.25) is 0 Å². The van der Waals surface area contributed by atoms with Crippen LogP contribution in [0.1, 0.15) is 22.2 Å². The topological polar surface area (TPSA) is 84.6 Å². The highest BCUT2D eigenvalue weighted by atomic mass is 16.5. The number of carbonyl (C=O) groups excluding carboxylic acids is 1. The fraction of sp³-hybridized carbons (Fsp3) is 0.583. The van der Waals surface area contributed by atoms with Crippen molar-refractivity contribution in [1.29, 1.82) is 0 Å². The van der Waals surface area contributed by atoms with Crippen molar-refractivity contribution in [2.75, 3.05) is 45.6 Å². The van der Waals surface area contributed by atoms with Crippen molar-refractivity contribution < 1.29 is 9.53 Å². The van der Waals surface area contributed by atoms with Gasteiger partial charge < -0.3 is 10.5 Å². The number of carbonyl (C=O) groups is 1. The number of piperazine rings is 3. The minimum Gasteiger partial charge on any atom is -0.465 e. The number of nitrogens with zero attached hydrogens (tertiary/aromatic N) is 4. The molecule has 1 aromatic rings. The first-order chi connectivity index (χ1) is 9.19. The van der Waals surface area contributed by atoms with Gasteiger partial charge in [-0.2, -0.15) is 0 Å². The quantitative estimate of drug-likeness (QED) is 0.721. The van der Waals surface area contributed by atoms with Crippen LogP contribution in [0.3, 0.4) is 0 Å². The predicted octanol–water partition coefficient (Wildman–Crippen LogP) is -0.482. The Morgan fingerprint density at radius 1 is 1.42 bits per heavy atom. The lowest BCUT2D eigenvalue weighted by Gasteiger charge is -2.46. The average molecular weight is 263 g/mol. The van der Waals surface area contributed by atoms with Gasteiger partial charge in [-0.1, -0.05) is 0 Å². The molecule has 7 heteroatoms. The van der Waals surface area contributed by atoms with E-state index >= 15 is 0 Å². The third-order valence-corrected chi connectivity index (χ3v) is 3.82. The summed E-state index contributed by atoms with van der Waals surface area (Å²) in [4.78, 5) is 24.8. The summed E-state index contributed by atoms with van der Waals surface area (Å²) in [5.74, 6) is 0.377. The van der Waals surface area contributed by atoms with Crippen molar-refractivity contribution >= 4 is 11.8 Å². The summed E-state index contributed by atoms with van der Waals surface area (Å²) in [7, 11) is 1.31. The van der Waals surface area contributed by atoms with E-state index in [9.17, 15) is 4.79 Å². The van der Waals surface area contributed by atoms with Crippen molar-refractivity contribution in [2.24, 2.45) is 0 Å². The van der Waals surface area contributed by atoms with E-state index in [2.05, 4.69) is 24.5 Å². The normalized spacial score (nSPS) is 29.2. The van der Waals surface area contributed by atoms with Crippen LogP contribution in [0.2, 0.25) is 0 Å². The lowest BCUT2D eigenvalue weighted by atomic mass is 10.1. The highest BCUT2D eigenvalue weighted by Gasteiger charge is 2.34. The minimum atomic E-state index is -0.502. The molecular formula is C12H17N5O2. The second kappa shape index (κ2) is 4.75. The first-order valence-corrected chi connectivity index (χ1v) is 6.36. The van der Waals surface area contributed by atoms with Crippen molar-refractivity contribution in [3.63, 3.8) is 0 Å². The molecule has 0 amide bonds. The first-order valence-electron chi connectivity index (χ1n) is 6.36. The smallest absolute Gasteiger partial charge is 0.343 e. The van der Waals surface area contributed by atoms with Crippen LogP contribution < -0.4 is 5.73 Å². The molecule has 4 heterocycles. The first kappa shape index (κ1) is 12.3. The summed E-state index contributed by atoms with van der Waals surface area (Å²) in [6.45, 7) is 5.20. The number of nitrogens with two attached hydrogens (primary N) is 1. The molecule has 1 atom stereocenters. The number of hydrogen-bond acceptors (Lipinski definition) is 7. The molecule has 3 fully saturated rings. The predicted molar refractivity (Wildman–Crippen MR) is 68.5 cm³/mol. The van der Waals surface area contributed by atoms with Gasteiger partial charge in [-0.25, -0.2) is 14.8 Å². The van der Waals surface area contributed by atoms with Gasteiger partial charge in [0.25, 0.3) is 0 Å². The molecule has 2 bridgehead atoms. The summed E-state index contributed by atoms with van der Waals surface area (Å²) in [5.41, 5.74) is 6.04. The Balaban J connectivity index is 1.86. The van der Waals surface area contributed by atoms with E-state index in [4.69, 9.17) is 5.73 Å². The number of methoxy groups -OCH3 is 1. The second-order valence-electron chi connectivity index (χ2n) is 4.87. The van der Waals surface area contributed by atoms with Crippen LogP contribution in [0.4, 0.5) is 5.82 Å².